The first-order valence-corrected chi connectivity index (χ1v) is 7.58. The van der Waals surface area contributed by atoms with E-state index in [1.807, 2.05) is 17.9 Å². The van der Waals surface area contributed by atoms with Gasteiger partial charge >= 0.3 is 0 Å². The summed E-state index contributed by atoms with van der Waals surface area (Å²) < 4.78 is 1.91. The number of aromatic nitrogens is 2. The maximum atomic E-state index is 4.36. The zero-order valence-corrected chi connectivity index (χ0v) is 12.8. The van der Waals surface area contributed by atoms with E-state index in [0.717, 1.165) is 13.1 Å². The lowest BCUT2D eigenvalue weighted by Gasteiger charge is -2.46. The molecule has 1 atom stereocenters. The molecule has 0 bridgehead atoms. The molecule has 0 amide bonds. The molecule has 1 saturated carbocycles. The summed E-state index contributed by atoms with van der Waals surface area (Å²) in [6, 6.07) is 0.378. The van der Waals surface area contributed by atoms with Crippen LogP contribution in [0.4, 0.5) is 0 Å². The van der Waals surface area contributed by atoms with Crippen molar-refractivity contribution >= 4 is 0 Å². The van der Waals surface area contributed by atoms with Crippen LogP contribution in [0, 0.1) is 0 Å². The van der Waals surface area contributed by atoms with E-state index in [-0.39, 0.29) is 5.54 Å². The van der Waals surface area contributed by atoms with Gasteiger partial charge in [-0.1, -0.05) is 26.7 Å². The molecule has 4 heteroatoms. The molecule has 4 nitrogen and oxygen atoms in total. The lowest BCUT2D eigenvalue weighted by Crippen LogP contribution is -2.54. The Hall–Kier alpha value is -0.870. The second kappa shape index (κ2) is 6.06. The molecule has 19 heavy (non-hydrogen) atoms. The molecule has 0 radical (unpaired) electrons. The van der Waals surface area contributed by atoms with E-state index in [1.165, 1.54) is 31.2 Å². The summed E-state index contributed by atoms with van der Waals surface area (Å²) in [4.78, 5) is 2.65. The zero-order valence-electron chi connectivity index (χ0n) is 12.8. The Kier molecular flexibility index (Phi) is 4.63. The number of likely N-dealkylation sites (N-methyl/N-ethyl adjacent to an activating group) is 2. The van der Waals surface area contributed by atoms with Gasteiger partial charge in [0.1, 0.15) is 0 Å². The van der Waals surface area contributed by atoms with E-state index in [2.05, 4.69) is 42.4 Å². The number of rotatable bonds is 6. The summed E-state index contributed by atoms with van der Waals surface area (Å²) in [7, 11) is 4.08. The van der Waals surface area contributed by atoms with Gasteiger partial charge in [-0.3, -0.25) is 9.58 Å². The first kappa shape index (κ1) is 14.5. The predicted molar refractivity (Wildman–Crippen MR) is 79.1 cm³/mol. The van der Waals surface area contributed by atoms with Crippen molar-refractivity contribution in [2.45, 2.75) is 51.1 Å². The highest BCUT2D eigenvalue weighted by Crippen LogP contribution is 2.44. The monoisotopic (exact) mass is 264 g/mol. The van der Waals surface area contributed by atoms with E-state index in [1.54, 1.807) is 0 Å². The highest BCUT2D eigenvalue weighted by molar-refractivity contribution is 5.19. The van der Waals surface area contributed by atoms with E-state index in [9.17, 15) is 0 Å². The third kappa shape index (κ3) is 2.56. The van der Waals surface area contributed by atoms with Crippen LogP contribution >= 0.6 is 0 Å². The Bertz CT molecular complexity index is 389. The Morgan fingerprint density at radius 3 is 2.42 bits per heavy atom. The van der Waals surface area contributed by atoms with Gasteiger partial charge < -0.3 is 5.32 Å². The molecule has 108 valence electrons. The van der Waals surface area contributed by atoms with E-state index >= 15 is 0 Å². The summed E-state index contributed by atoms with van der Waals surface area (Å²) in [6.45, 7) is 6.79. The Morgan fingerprint density at radius 2 is 2.00 bits per heavy atom. The average molecular weight is 264 g/mol. The number of hydrogen-bond donors (Lipinski definition) is 1. The molecule has 1 aliphatic rings. The highest BCUT2D eigenvalue weighted by Gasteiger charge is 2.45. The largest absolute Gasteiger partial charge is 0.311 e. The minimum Gasteiger partial charge on any atom is -0.311 e. The highest BCUT2D eigenvalue weighted by atomic mass is 15.3. The van der Waals surface area contributed by atoms with Gasteiger partial charge in [-0.25, -0.2) is 0 Å². The van der Waals surface area contributed by atoms with Crippen molar-refractivity contribution < 1.29 is 0 Å². The molecule has 1 aromatic heterocycles. The van der Waals surface area contributed by atoms with Gasteiger partial charge in [0.25, 0.3) is 0 Å². The smallest absolute Gasteiger partial charge is 0.0538 e. The minimum atomic E-state index is 0.265. The molecular weight excluding hydrogens is 236 g/mol. The van der Waals surface area contributed by atoms with Gasteiger partial charge in [0.15, 0.2) is 0 Å². The van der Waals surface area contributed by atoms with Crippen molar-refractivity contribution in [1.29, 1.82) is 0 Å². The fraction of sp³-hybridized carbons (Fsp3) is 0.800. The van der Waals surface area contributed by atoms with Crippen molar-refractivity contribution in [1.82, 2.24) is 20.0 Å². The zero-order chi connectivity index (χ0) is 13.9. The summed E-state index contributed by atoms with van der Waals surface area (Å²) in [5.41, 5.74) is 1.58. The van der Waals surface area contributed by atoms with E-state index in [0.29, 0.717) is 6.04 Å². The molecule has 1 fully saturated rings. The standard InChI is InChI=1S/C15H28N4/c1-5-19(6-2)15(9-7-8-10-15)14(16-3)13-11-17-18(4)12-13/h11-12,14,16H,5-10H2,1-4H3. The molecule has 0 aromatic carbocycles. The van der Waals surface area contributed by atoms with Gasteiger partial charge in [-0.15, -0.1) is 0 Å². The quantitative estimate of drug-likeness (QED) is 0.856. The van der Waals surface area contributed by atoms with Crippen molar-refractivity contribution in [2.75, 3.05) is 20.1 Å². The number of aryl methyl sites for hydroxylation is 1. The summed E-state index contributed by atoms with van der Waals surface area (Å²) in [5.74, 6) is 0. The predicted octanol–water partition coefficient (Wildman–Crippen LogP) is 2.34. The summed E-state index contributed by atoms with van der Waals surface area (Å²) >= 11 is 0. The van der Waals surface area contributed by atoms with Gasteiger partial charge in [0, 0.05) is 24.3 Å². The lowest BCUT2D eigenvalue weighted by molar-refractivity contribution is 0.0655. The van der Waals surface area contributed by atoms with Crippen LogP contribution in [-0.2, 0) is 7.05 Å². The Labute approximate surface area is 117 Å². The summed E-state index contributed by atoms with van der Waals surface area (Å²) in [6.07, 6.45) is 9.43. The lowest BCUT2D eigenvalue weighted by atomic mass is 9.83. The average Bonchev–Trinajstić information content (AvgIpc) is 3.03. The van der Waals surface area contributed by atoms with Crippen LogP contribution in [0.2, 0.25) is 0 Å². The van der Waals surface area contributed by atoms with Crippen LogP contribution in [0.5, 0.6) is 0 Å². The number of hydrogen-bond acceptors (Lipinski definition) is 3. The van der Waals surface area contributed by atoms with Gasteiger partial charge in [-0.2, -0.15) is 5.10 Å². The summed E-state index contributed by atoms with van der Waals surface area (Å²) in [5, 5.41) is 7.93. The first-order valence-electron chi connectivity index (χ1n) is 7.58. The Morgan fingerprint density at radius 1 is 1.37 bits per heavy atom. The molecule has 0 spiro atoms. The van der Waals surface area contributed by atoms with Crippen LogP contribution in [0.3, 0.4) is 0 Å². The molecule has 1 unspecified atom stereocenters. The fourth-order valence-electron chi connectivity index (χ4n) is 3.96. The molecule has 1 N–H and O–H groups in total. The van der Waals surface area contributed by atoms with Gasteiger partial charge in [0.2, 0.25) is 0 Å². The molecule has 1 aliphatic carbocycles. The van der Waals surface area contributed by atoms with Gasteiger partial charge in [-0.05, 0) is 33.0 Å². The Balaban J connectivity index is 2.35. The fourth-order valence-corrected chi connectivity index (χ4v) is 3.96. The normalized spacial score (nSPS) is 20.1. The molecule has 1 heterocycles. The molecule has 2 rings (SSSR count). The van der Waals surface area contributed by atoms with Crippen LogP contribution in [0.15, 0.2) is 12.4 Å². The molecule has 1 aromatic rings. The minimum absolute atomic E-state index is 0.265. The van der Waals surface area contributed by atoms with E-state index < -0.39 is 0 Å². The van der Waals surface area contributed by atoms with Crippen LogP contribution in [-0.4, -0.2) is 40.4 Å². The third-order valence-electron chi connectivity index (χ3n) is 4.75. The van der Waals surface area contributed by atoms with Crippen LogP contribution in [0.1, 0.15) is 51.1 Å². The first-order chi connectivity index (χ1) is 9.17. The topological polar surface area (TPSA) is 33.1 Å². The maximum absolute atomic E-state index is 4.36. The number of nitrogens with zero attached hydrogens (tertiary/aromatic N) is 3. The van der Waals surface area contributed by atoms with E-state index in [4.69, 9.17) is 0 Å². The van der Waals surface area contributed by atoms with Gasteiger partial charge in [0.05, 0.1) is 12.2 Å². The second-order valence-electron chi connectivity index (χ2n) is 5.65. The maximum Gasteiger partial charge on any atom is 0.0538 e. The molecule has 0 saturated heterocycles. The van der Waals surface area contributed by atoms with Crippen molar-refractivity contribution in [3.63, 3.8) is 0 Å². The SMILES string of the molecule is CCN(CC)C1(C(NC)c2cnn(C)c2)CCCC1. The van der Waals surface area contributed by atoms with Crippen LogP contribution < -0.4 is 5.32 Å². The second-order valence-corrected chi connectivity index (χ2v) is 5.65. The van der Waals surface area contributed by atoms with Crippen molar-refractivity contribution in [2.24, 2.45) is 7.05 Å². The van der Waals surface area contributed by atoms with Crippen molar-refractivity contribution in [3.05, 3.63) is 18.0 Å². The molecular formula is C15H28N4. The van der Waals surface area contributed by atoms with Crippen LogP contribution in [0.25, 0.3) is 0 Å². The third-order valence-corrected chi connectivity index (χ3v) is 4.75. The molecule has 0 aliphatic heterocycles. The number of nitrogens with one attached hydrogen (secondary N) is 1. The van der Waals surface area contributed by atoms with Crippen molar-refractivity contribution in [3.8, 4) is 0 Å².